The zero-order valence-electron chi connectivity index (χ0n) is 19.3. The Hall–Kier alpha value is -2.60. The molecule has 0 bridgehead atoms. The summed E-state index contributed by atoms with van der Waals surface area (Å²) in [4.78, 5) is 13.7. The number of benzene rings is 3. The van der Waals surface area contributed by atoms with E-state index in [2.05, 4.69) is 24.0 Å². The molecule has 1 saturated carbocycles. The fourth-order valence-corrected chi connectivity index (χ4v) is 5.56. The lowest BCUT2D eigenvalue weighted by atomic mass is 9.79. The normalized spacial score (nSPS) is 18.1. The summed E-state index contributed by atoms with van der Waals surface area (Å²) in [6.07, 6.45) is 1.93. The zero-order chi connectivity index (χ0) is 24.7. The van der Waals surface area contributed by atoms with Gasteiger partial charge in [-0.25, -0.2) is 9.18 Å². The van der Waals surface area contributed by atoms with Gasteiger partial charge in [0, 0.05) is 34.6 Å². The molecule has 1 heterocycles. The molecule has 7 heteroatoms. The van der Waals surface area contributed by atoms with Gasteiger partial charge in [0.25, 0.3) is 0 Å². The quantitative estimate of drug-likeness (QED) is 0.346. The van der Waals surface area contributed by atoms with Gasteiger partial charge < -0.3 is 9.84 Å². The molecule has 182 valence electrons. The van der Waals surface area contributed by atoms with Gasteiger partial charge >= 0.3 is 5.97 Å². The molecule has 1 atom stereocenters. The Labute approximate surface area is 214 Å². The number of nitrogens with zero attached hydrogens (tertiary/aromatic N) is 1. The lowest BCUT2D eigenvalue weighted by Gasteiger charge is -2.51. The summed E-state index contributed by atoms with van der Waals surface area (Å²) in [5.74, 6) is -1.33. The first-order valence-corrected chi connectivity index (χ1v) is 12.4. The summed E-state index contributed by atoms with van der Waals surface area (Å²) < 4.78 is 20.5. The van der Waals surface area contributed by atoms with Crippen LogP contribution >= 0.6 is 23.2 Å². The number of aromatic carboxylic acids is 1. The smallest absolute Gasteiger partial charge is 0.338 e. The predicted octanol–water partition coefficient (Wildman–Crippen LogP) is 7.20. The molecule has 0 amide bonds. The molecule has 2 aliphatic rings. The van der Waals surface area contributed by atoms with Gasteiger partial charge in [0.2, 0.25) is 0 Å². The molecule has 5 rings (SSSR count). The van der Waals surface area contributed by atoms with E-state index >= 15 is 0 Å². The largest absolute Gasteiger partial charge is 0.493 e. The molecule has 2 fully saturated rings. The Balaban J connectivity index is 1.34. The number of likely N-dealkylation sites (tertiary alicyclic amines) is 1. The molecule has 1 unspecified atom stereocenters. The maximum absolute atomic E-state index is 14.4. The number of carbonyl (C=O) groups is 1. The Bertz CT molecular complexity index is 1240. The average molecular weight is 514 g/mol. The topological polar surface area (TPSA) is 49.8 Å². The van der Waals surface area contributed by atoms with E-state index in [1.165, 1.54) is 12.1 Å². The van der Waals surface area contributed by atoms with Crippen LogP contribution in [-0.2, 0) is 0 Å². The maximum Gasteiger partial charge on any atom is 0.338 e. The van der Waals surface area contributed by atoms with Crippen molar-refractivity contribution in [1.82, 2.24) is 4.90 Å². The van der Waals surface area contributed by atoms with E-state index in [0.29, 0.717) is 22.4 Å². The van der Waals surface area contributed by atoms with Crippen molar-refractivity contribution < 1.29 is 19.0 Å². The van der Waals surface area contributed by atoms with Crippen molar-refractivity contribution in [2.24, 2.45) is 5.41 Å². The van der Waals surface area contributed by atoms with Crippen LogP contribution in [0, 0.1) is 11.2 Å². The van der Waals surface area contributed by atoms with Crippen LogP contribution in [0.2, 0.25) is 10.0 Å². The third kappa shape index (κ3) is 5.18. The van der Waals surface area contributed by atoms with E-state index < -0.39 is 11.8 Å². The van der Waals surface area contributed by atoms with Gasteiger partial charge in [-0.15, -0.1) is 0 Å². The molecule has 3 aromatic carbocycles. The number of carboxylic acids is 1. The van der Waals surface area contributed by atoms with Gasteiger partial charge in [-0.1, -0.05) is 60.5 Å². The summed E-state index contributed by atoms with van der Waals surface area (Å²) in [7, 11) is 0. The third-order valence-electron chi connectivity index (χ3n) is 6.77. The van der Waals surface area contributed by atoms with Crippen molar-refractivity contribution in [1.29, 1.82) is 0 Å². The molecule has 3 aromatic rings. The number of hydrogen-bond donors (Lipinski definition) is 1. The predicted molar refractivity (Wildman–Crippen MR) is 135 cm³/mol. The van der Waals surface area contributed by atoms with Crippen LogP contribution in [-0.4, -0.2) is 35.7 Å². The SMILES string of the molecule is CC1(COc2cc(F)c(C(=O)O)cc2C2CC2)CN(C(c2ccccc2)c2cc(Cl)cc(Cl)c2)C1. The van der Waals surface area contributed by atoms with Crippen LogP contribution in [0.5, 0.6) is 5.75 Å². The molecule has 0 aromatic heterocycles. The number of carboxylic acid groups (broad SMARTS) is 1. The average Bonchev–Trinajstić information content (AvgIpc) is 3.62. The second-order valence-corrected chi connectivity index (χ2v) is 10.8. The minimum atomic E-state index is -1.26. The van der Waals surface area contributed by atoms with E-state index in [0.717, 1.165) is 42.6 Å². The van der Waals surface area contributed by atoms with Gasteiger partial charge in [0.15, 0.2) is 0 Å². The molecule has 35 heavy (non-hydrogen) atoms. The summed E-state index contributed by atoms with van der Waals surface area (Å²) in [5, 5.41) is 10.5. The molecule has 1 aliphatic heterocycles. The van der Waals surface area contributed by atoms with Crippen LogP contribution in [0.1, 0.15) is 58.8 Å². The highest BCUT2D eigenvalue weighted by atomic mass is 35.5. The Morgan fingerprint density at radius 2 is 1.74 bits per heavy atom. The van der Waals surface area contributed by atoms with Gasteiger partial charge in [-0.2, -0.15) is 0 Å². The zero-order valence-corrected chi connectivity index (χ0v) is 20.8. The monoisotopic (exact) mass is 513 g/mol. The van der Waals surface area contributed by atoms with Crippen molar-refractivity contribution in [3.8, 4) is 5.75 Å². The lowest BCUT2D eigenvalue weighted by Crippen LogP contribution is -2.58. The van der Waals surface area contributed by atoms with Crippen molar-refractivity contribution in [2.75, 3.05) is 19.7 Å². The fraction of sp³-hybridized carbons (Fsp3) is 0.321. The van der Waals surface area contributed by atoms with Crippen molar-refractivity contribution in [3.05, 3.63) is 98.8 Å². The summed E-state index contributed by atoms with van der Waals surface area (Å²) >= 11 is 12.6. The van der Waals surface area contributed by atoms with E-state index in [-0.39, 0.29) is 22.9 Å². The standard InChI is InChI=1S/C28H26Cl2FNO3/c1-28(16-35-25-13-24(31)23(27(33)34)12-22(25)17-7-8-17)14-32(15-28)26(18-5-3-2-4-6-18)19-9-20(29)11-21(30)10-19/h2-6,9-13,17,26H,7-8,14-16H2,1H3,(H,33,34). The van der Waals surface area contributed by atoms with Gasteiger partial charge in [0.05, 0.1) is 18.2 Å². The van der Waals surface area contributed by atoms with Crippen LogP contribution in [0.3, 0.4) is 0 Å². The van der Waals surface area contributed by atoms with Crippen molar-refractivity contribution in [2.45, 2.75) is 31.7 Å². The highest BCUT2D eigenvalue weighted by molar-refractivity contribution is 6.34. The minimum Gasteiger partial charge on any atom is -0.493 e. The van der Waals surface area contributed by atoms with Crippen LogP contribution in [0.4, 0.5) is 4.39 Å². The van der Waals surface area contributed by atoms with E-state index in [4.69, 9.17) is 27.9 Å². The maximum atomic E-state index is 14.4. The van der Waals surface area contributed by atoms with Gasteiger partial charge in [-0.05, 0) is 59.7 Å². The van der Waals surface area contributed by atoms with Gasteiger partial charge in [-0.3, -0.25) is 4.90 Å². The highest BCUT2D eigenvalue weighted by Crippen LogP contribution is 2.46. The van der Waals surface area contributed by atoms with E-state index in [9.17, 15) is 14.3 Å². The van der Waals surface area contributed by atoms with Crippen molar-refractivity contribution >= 4 is 29.2 Å². The third-order valence-corrected chi connectivity index (χ3v) is 7.21. The Kier molecular flexibility index (Phi) is 6.51. The van der Waals surface area contributed by atoms with E-state index in [1.807, 2.05) is 30.3 Å². The minimum absolute atomic E-state index is 0.00482. The molecule has 4 nitrogen and oxygen atoms in total. The van der Waals surface area contributed by atoms with Crippen LogP contribution < -0.4 is 4.74 Å². The lowest BCUT2D eigenvalue weighted by molar-refractivity contribution is -0.0379. The summed E-state index contributed by atoms with van der Waals surface area (Å²) in [6, 6.07) is 18.5. The molecule has 0 radical (unpaired) electrons. The summed E-state index contributed by atoms with van der Waals surface area (Å²) in [5.41, 5.74) is 2.53. The second-order valence-electron chi connectivity index (χ2n) is 9.97. The van der Waals surface area contributed by atoms with Crippen molar-refractivity contribution in [3.63, 3.8) is 0 Å². The van der Waals surface area contributed by atoms with Gasteiger partial charge in [0.1, 0.15) is 11.6 Å². The Morgan fingerprint density at radius 3 is 2.34 bits per heavy atom. The number of ether oxygens (including phenoxy) is 1. The first-order chi connectivity index (χ1) is 16.7. The Morgan fingerprint density at radius 1 is 1.09 bits per heavy atom. The molecule has 0 spiro atoms. The molecule has 1 N–H and O–H groups in total. The first-order valence-electron chi connectivity index (χ1n) is 11.7. The molecular formula is C28H26Cl2FNO3. The number of rotatable bonds is 8. The van der Waals surface area contributed by atoms with Crippen LogP contribution in [0.25, 0.3) is 0 Å². The first kappa shape index (κ1) is 24.1. The molecule has 1 aliphatic carbocycles. The molecule has 1 saturated heterocycles. The summed E-state index contributed by atoms with van der Waals surface area (Å²) in [6.45, 7) is 4.10. The molecular weight excluding hydrogens is 488 g/mol. The van der Waals surface area contributed by atoms with Crippen LogP contribution in [0.15, 0.2) is 60.7 Å². The second kappa shape index (κ2) is 9.45. The highest BCUT2D eigenvalue weighted by Gasteiger charge is 2.44. The number of halogens is 3. The number of hydrogen-bond acceptors (Lipinski definition) is 3. The van der Waals surface area contributed by atoms with E-state index in [1.54, 1.807) is 6.07 Å². The fourth-order valence-electron chi connectivity index (χ4n) is 5.02.